The number of aromatic carboxylic acids is 1. The van der Waals surface area contributed by atoms with Gasteiger partial charge in [0.25, 0.3) is 0 Å². The Morgan fingerprint density at radius 3 is 2.56 bits per heavy atom. The molecule has 0 spiro atoms. The van der Waals surface area contributed by atoms with Crippen molar-refractivity contribution in [3.8, 4) is 5.88 Å². The van der Waals surface area contributed by atoms with Crippen molar-refractivity contribution in [2.45, 2.75) is 57.1 Å². The van der Waals surface area contributed by atoms with Crippen molar-refractivity contribution in [2.75, 3.05) is 18.0 Å². The molecule has 2 aliphatic rings. The summed E-state index contributed by atoms with van der Waals surface area (Å²) in [6.45, 7) is 1.88. The van der Waals surface area contributed by atoms with Gasteiger partial charge in [-0.15, -0.1) is 0 Å². The van der Waals surface area contributed by atoms with Crippen molar-refractivity contribution in [1.29, 1.82) is 0 Å². The van der Waals surface area contributed by atoms with E-state index in [0.717, 1.165) is 57.4 Å². The van der Waals surface area contributed by atoms with Gasteiger partial charge < -0.3 is 14.7 Å². The molecule has 8 nitrogen and oxygen atoms in total. The number of pyridine rings is 2. The first-order valence-corrected chi connectivity index (χ1v) is 11.2. The average Bonchev–Trinajstić information content (AvgIpc) is 3.26. The molecule has 3 aromatic heterocycles. The summed E-state index contributed by atoms with van der Waals surface area (Å²) in [6, 6.07) is 3.66. The van der Waals surface area contributed by atoms with Crippen molar-refractivity contribution in [3.05, 3.63) is 42.1 Å². The van der Waals surface area contributed by atoms with Gasteiger partial charge >= 0.3 is 5.97 Å². The standard InChI is InChI=1S/C23H26FN5O3/c24-16-13-26-29(14-16)17-4-6-18(7-5-17)32-22-19-10-15(23(30)31)12-25-20(19)11-21(27-22)28-8-2-1-3-9-28/h10-14,17-18H,1-9H2,(H,30,31). The van der Waals surface area contributed by atoms with E-state index in [9.17, 15) is 14.3 Å². The molecule has 1 aliphatic carbocycles. The molecular formula is C23H26FN5O3. The second-order valence-corrected chi connectivity index (χ2v) is 8.62. The van der Waals surface area contributed by atoms with E-state index < -0.39 is 5.97 Å². The Labute approximate surface area is 185 Å². The Morgan fingerprint density at radius 1 is 1.09 bits per heavy atom. The molecule has 5 rings (SSSR count). The zero-order valence-corrected chi connectivity index (χ0v) is 17.8. The lowest BCUT2D eigenvalue weighted by molar-refractivity contribution is 0.0696. The molecule has 0 atom stereocenters. The highest BCUT2D eigenvalue weighted by Crippen LogP contribution is 2.34. The quantitative estimate of drug-likeness (QED) is 0.636. The van der Waals surface area contributed by atoms with Gasteiger partial charge in [0.15, 0.2) is 5.82 Å². The molecular weight excluding hydrogens is 413 g/mol. The van der Waals surface area contributed by atoms with Crippen molar-refractivity contribution in [1.82, 2.24) is 19.7 Å². The largest absolute Gasteiger partial charge is 0.478 e. The topological polar surface area (TPSA) is 93.4 Å². The van der Waals surface area contributed by atoms with Crippen LogP contribution in [0.3, 0.4) is 0 Å². The Morgan fingerprint density at radius 2 is 1.88 bits per heavy atom. The van der Waals surface area contributed by atoms with Crippen LogP contribution >= 0.6 is 0 Å². The maximum Gasteiger partial charge on any atom is 0.337 e. The smallest absolute Gasteiger partial charge is 0.337 e. The minimum atomic E-state index is -1.03. The fourth-order valence-electron chi connectivity index (χ4n) is 4.67. The van der Waals surface area contributed by atoms with Crippen LogP contribution in [-0.2, 0) is 0 Å². The normalized spacial score (nSPS) is 21.6. The molecule has 32 heavy (non-hydrogen) atoms. The molecule has 1 saturated heterocycles. The van der Waals surface area contributed by atoms with E-state index in [1.54, 1.807) is 10.7 Å². The third-order valence-corrected chi connectivity index (χ3v) is 6.42. The number of anilines is 1. The van der Waals surface area contributed by atoms with E-state index in [4.69, 9.17) is 9.72 Å². The summed E-state index contributed by atoms with van der Waals surface area (Å²) < 4.78 is 21.4. The zero-order valence-electron chi connectivity index (χ0n) is 17.8. The number of halogens is 1. The Kier molecular flexibility index (Phi) is 5.63. The highest BCUT2D eigenvalue weighted by Gasteiger charge is 2.26. The van der Waals surface area contributed by atoms with Gasteiger partial charge in [-0.3, -0.25) is 9.67 Å². The number of carboxylic acid groups (broad SMARTS) is 1. The number of hydrogen-bond donors (Lipinski definition) is 1. The van der Waals surface area contributed by atoms with Gasteiger partial charge in [-0.1, -0.05) is 0 Å². The molecule has 0 radical (unpaired) electrons. The summed E-state index contributed by atoms with van der Waals surface area (Å²) in [6.07, 6.45) is 10.7. The predicted octanol–water partition coefficient (Wildman–Crippen LogP) is 4.22. The first-order chi connectivity index (χ1) is 15.6. The van der Waals surface area contributed by atoms with Crippen molar-refractivity contribution in [2.24, 2.45) is 0 Å². The first kappa shape index (κ1) is 20.7. The van der Waals surface area contributed by atoms with Gasteiger partial charge in [-0.2, -0.15) is 10.1 Å². The van der Waals surface area contributed by atoms with Gasteiger partial charge in [0.05, 0.1) is 34.9 Å². The fourth-order valence-corrected chi connectivity index (χ4v) is 4.67. The summed E-state index contributed by atoms with van der Waals surface area (Å²) in [4.78, 5) is 22.9. The molecule has 3 aromatic rings. The van der Waals surface area contributed by atoms with E-state index in [2.05, 4.69) is 15.0 Å². The molecule has 0 amide bonds. The van der Waals surface area contributed by atoms with Gasteiger partial charge in [0, 0.05) is 25.4 Å². The van der Waals surface area contributed by atoms with Crippen LogP contribution in [0.25, 0.3) is 10.9 Å². The minimum absolute atomic E-state index is 0.0487. The second kappa shape index (κ2) is 8.72. The molecule has 1 saturated carbocycles. The van der Waals surface area contributed by atoms with E-state index >= 15 is 0 Å². The lowest BCUT2D eigenvalue weighted by atomic mass is 9.93. The Bertz CT molecular complexity index is 1120. The van der Waals surface area contributed by atoms with Crippen LogP contribution in [0.1, 0.15) is 61.3 Å². The maximum absolute atomic E-state index is 13.3. The molecule has 0 bridgehead atoms. The summed E-state index contributed by atoms with van der Waals surface area (Å²) in [7, 11) is 0. The summed E-state index contributed by atoms with van der Waals surface area (Å²) in [5.74, 6) is -0.0940. The Hall–Kier alpha value is -3.23. The van der Waals surface area contributed by atoms with E-state index in [1.165, 1.54) is 25.0 Å². The SMILES string of the molecule is O=C(O)c1cnc2cc(N3CCCCC3)nc(OC3CCC(n4cc(F)cn4)CC3)c2c1. The molecule has 2 fully saturated rings. The maximum atomic E-state index is 13.3. The number of aromatic nitrogens is 4. The van der Waals surface area contributed by atoms with Crippen LogP contribution in [0.4, 0.5) is 10.2 Å². The average molecular weight is 439 g/mol. The van der Waals surface area contributed by atoms with E-state index in [0.29, 0.717) is 16.8 Å². The zero-order chi connectivity index (χ0) is 22.1. The molecule has 0 aromatic carbocycles. The van der Waals surface area contributed by atoms with Crippen LogP contribution in [0.5, 0.6) is 5.88 Å². The van der Waals surface area contributed by atoms with Gasteiger partial charge in [0.2, 0.25) is 5.88 Å². The van der Waals surface area contributed by atoms with Gasteiger partial charge in [-0.25, -0.2) is 9.18 Å². The second-order valence-electron chi connectivity index (χ2n) is 8.62. The Balaban J connectivity index is 1.40. The number of fused-ring (bicyclic) bond motifs is 1. The third-order valence-electron chi connectivity index (χ3n) is 6.42. The molecule has 1 aliphatic heterocycles. The molecule has 0 unspecified atom stereocenters. The number of hydrogen-bond acceptors (Lipinski definition) is 6. The monoisotopic (exact) mass is 439 g/mol. The first-order valence-electron chi connectivity index (χ1n) is 11.2. The number of carboxylic acids is 1. The van der Waals surface area contributed by atoms with E-state index in [1.807, 2.05) is 6.07 Å². The molecule has 4 heterocycles. The fraction of sp³-hybridized carbons (Fsp3) is 0.478. The predicted molar refractivity (Wildman–Crippen MR) is 117 cm³/mol. The molecule has 1 N–H and O–H groups in total. The summed E-state index contributed by atoms with van der Waals surface area (Å²) in [5.41, 5.74) is 0.792. The number of ether oxygens (including phenoxy) is 1. The number of rotatable bonds is 5. The number of nitrogens with zero attached hydrogens (tertiary/aromatic N) is 5. The van der Waals surface area contributed by atoms with Crippen LogP contribution in [0.15, 0.2) is 30.7 Å². The lowest BCUT2D eigenvalue weighted by Crippen LogP contribution is -2.30. The van der Waals surface area contributed by atoms with Gasteiger partial charge in [0.1, 0.15) is 11.9 Å². The highest BCUT2D eigenvalue weighted by molar-refractivity contribution is 5.94. The van der Waals surface area contributed by atoms with Crippen LogP contribution in [-0.4, -0.2) is 50.0 Å². The minimum Gasteiger partial charge on any atom is -0.478 e. The summed E-state index contributed by atoms with van der Waals surface area (Å²) >= 11 is 0. The van der Waals surface area contributed by atoms with Crippen molar-refractivity contribution < 1.29 is 19.0 Å². The number of piperidine rings is 1. The third kappa shape index (κ3) is 4.24. The van der Waals surface area contributed by atoms with Crippen LogP contribution < -0.4 is 9.64 Å². The summed E-state index contributed by atoms with van der Waals surface area (Å²) in [5, 5.41) is 14.1. The van der Waals surface area contributed by atoms with Crippen LogP contribution in [0.2, 0.25) is 0 Å². The van der Waals surface area contributed by atoms with Gasteiger partial charge in [-0.05, 0) is 51.0 Å². The van der Waals surface area contributed by atoms with Crippen molar-refractivity contribution >= 4 is 22.7 Å². The molecule has 9 heteroatoms. The van der Waals surface area contributed by atoms with Crippen molar-refractivity contribution in [3.63, 3.8) is 0 Å². The van der Waals surface area contributed by atoms with Crippen LogP contribution in [0, 0.1) is 5.82 Å². The molecule has 168 valence electrons. The highest BCUT2D eigenvalue weighted by atomic mass is 19.1. The van der Waals surface area contributed by atoms with E-state index in [-0.39, 0.29) is 23.5 Å². The number of carbonyl (C=O) groups is 1. The lowest BCUT2D eigenvalue weighted by Gasteiger charge is -2.30.